The number of nitrogens with zero attached hydrogens (tertiary/aromatic N) is 2. The predicted molar refractivity (Wildman–Crippen MR) is 53.0 cm³/mol. The normalized spacial score (nSPS) is 10.5. The average Bonchev–Trinajstić information content (AvgIpc) is 2.18. The molecule has 0 spiro atoms. The Labute approximate surface area is 79.8 Å². The Balaban J connectivity index is 2.74. The lowest BCUT2D eigenvalue weighted by Crippen LogP contribution is -1.86. The number of benzene rings is 1. The first-order valence-corrected chi connectivity index (χ1v) is 5.02. The zero-order chi connectivity index (χ0) is 9.26. The highest BCUT2D eigenvalue weighted by molar-refractivity contribution is 7.98. The van der Waals surface area contributed by atoms with Gasteiger partial charge in [0.15, 0.2) is 5.16 Å². The van der Waals surface area contributed by atoms with E-state index in [1.807, 2.05) is 12.3 Å². The predicted octanol–water partition coefficient (Wildman–Crippen LogP) is 2.06. The molecule has 0 fully saturated rings. The first kappa shape index (κ1) is 8.31. The van der Waals surface area contributed by atoms with Gasteiger partial charge in [0.2, 0.25) is 0 Å². The van der Waals surface area contributed by atoms with Crippen LogP contribution in [0.3, 0.4) is 0 Å². The van der Waals surface area contributed by atoms with E-state index < -0.39 is 0 Å². The smallest absolute Gasteiger partial charge is 0.187 e. The highest BCUT2D eigenvalue weighted by atomic mass is 32.2. The molecule has 0 amide bonds. The molecule has 0 atom stereocenters. The minimum atomic E-state index is 0.204. The molecule has 3 nitrogen and oxygen atoms in total. The summed E-state index contributed by atoms with van der Waals surface area (Å²) < 4.78 is 0. The highest BCUT2D eigenvalue weighted by Crippen LogP contribution is 2.22. The van der Waals surface area contributed by atoms with Crippen LogP contribution in [0.1, 0.15) is 0 Å². The summed E-state index contributed by atoms with van der Waals surface area (Å²) in [5.41, 5.74) is 0.613. The number of hydrogen-bond acceptors (Lipinski definition) is 4. The fraction of sp³-hybridized carbons (Fsp3) is 0.111. The first-order valence-electron chi connectivity index (χ1n) is 3.80. The van der Waals surface area contributed by atoms with Crippen LogP contribution in [-0.2, 0) is 0 Å². The molecule has 2 aromatic rings. The zero-order valence-electron chi connectivity index (χ0n) is 7.06. The summed E-state index contributed by atoms with van der Waals surface area (Å²) in [6, 6.07) is 5.28. The van der Waals surface area contributed by atoms with E-state index in [0.717, 1.165) is 5.39 Å². The number of para-hydroxylation sites is 1. The van der Waals surface area contributed by atoms with Gasteiger partial charge in [-0.3, -0.25) is 0 Å². The number of rotatable bonds is 1. The Bertz CT molecular complexity index is 445. The summed E-state index contributed by atoms with van der Waals surface area (Å²) in [5.74, 6) is 0.204. The van der Waals surface area contributed by atoms with Crippen molar-refractivity contribution in [3.05, 3.63) is 24.4 Å². The Morgan fingerprint density at radius 3 is 3.00 bits per heavy atom. The van der Waals surface area contributed by atoms with E-state index in [1.165, 1.54) is 11.8 Å². The summed E-state index contributed by atoms with van der Waals surface area (Å²) in [6.07, 6.45) is 3.62. The third-order valence-corrected chi connectivity index (χ3v) is 2.31. The van der Waals surface area contributed by atoms with E-state index in [0.29, 0.717) is 10.7 Å². The van der Waals surface area contributed by atoms with E-state index in [2.05, 4.69) is 9.97 Å². The van der Waals surface area contributed by atoms with Gasteiger partial charge in [0, 0.05) is 11.6 Å². The van der Waals surface area contributed by atoms with Crippen molar-refractivity contribution < 1.29 is 5.11 Å². The highest BCUT2D eigenvalue weighted by Gasteiger charge is 2.02. The van der Waals surface area contributed by atoms with Crippen molar-refractivity contribution in [2.45, 2.75) is 5.16 Å². The molecule has 1 aromatic heterocycles. The lowest BCUT2D eigenvalue weighted by molar-refractivity contribution is 0.480. The van der Waals surface area contributed by atoms with Crippen molar-refractivity contribution in [1.82, 2.24) is 9.97 Å². The second-order valence-electron chi connectivity index (χ2n) is 2.57. The Hall–Kier alpha value is -1.29. The molecule has 0 aliphatic heterocycles. The minimum absolute atomic E-state index is 0.204. The van der Waals surface area contributed by atoms with Gasteiger partial charge in [-0.15, -0.1) is 0 Å². The van der Waals surface area contributed by atoms with Crippen molar-refractivity contribution in [3.8, 4) is 5.75 Å². The number of hydrogen-bond donors (Lipinski definition) is 1. The van der Waals surface area contributed by atoms with Gasteiger partial charge in [-0.25, -0.2) is 9.97 Å². The molecule has 4 heteroatoms. The van der Waals surface area contributed by atoms with Gasteiger partial charge in [0.25, 0.3) is 0 Å². The van der Waals surface area contributed by atoms with Crippen molar-refractivity contribution in [3.63, 3.8) is 0 Å². The quantitative estimate of drug-likeness (QED) is 0.555. The summed E-state index contributed by atoms with van der Waals surface area (Å²) in [6.45, 7) is 0. The molecule has 0 unspecified atom stereocenters. The molecular weight excluding hydrogens is 184 g/mol. The van der Waals surface area contributed by atoms with Gasteiger partial charge in [-0.1, -0.05) is 23.9 Å². The Morgan fingerprint density at radius 1 is 1.38 bits per heavy atom. The first-order chi connectivity index (χ1) is 6.31. The van der Waals surface area contributed by atoms with Crippen molar-refractivity contribution in [1.29, 1.82) is 0 Å². The van der Waals surface area contributed by atoms with E-state index in [-0.39, 0.29) is 5.75 Å². The fourth-order valence-electron chi connectivity index (χ4n) is 1.12. The van der Waals surface area contributed by atoms with Crippen LogP contribution in [0.2, 0.25) is 0 Å². The lowest BCUT2D eigenvalue weighted by atomic mass is 10.2. The average molecular weight is 192 g/mol. The summed E-state index contributed by atoms with van der Waals surface area (Å²) in [5, 5.41) is 11.0. The zero-order valence-corrected chi connectivity index (χ0v) is 7.88. The third kappa shape index (κ3) is 1.45. The second-order valence-corrected chi connectivity index (χ2v) is 3.35. The number of phenolic OH excluding ortho intramolecular Hbond substituents is 1. The number of fused-ring (bicyclic) bond motifs is 1. The van der Waals surface area contributed by atoms with E-state index in [4.69, 9.17) is 0 Å². The maximum absolute atomic E-state index is 9.49. The molecule has 0 aliphatic rings. The maximum Gasteiger partial charge on any atom is 0.187 e. The minimum Gasteiger partial charge on any atom is -0.506 e. The number of thioether (sulfide) groups is 1. The van der Waals surface area contributed by atoms with Crippen LogP contribution in [-0.4, -0.2) is 21.3 Å². The molecule has 66 valence electrons. The monoisotopic (exact) mass is 192 g/mol. The molecule has 0 bridgehead atoms. The summed E-state index contributed by atoms with van der Waals surface area (Å²) >= 11 is 1.46. The van der Waals surface area contributed by atoms with Crippen LogP contribution >= 0.6 is 11.8 Å². The van der Waals surface area contributed by atoms with Gasteiger partial charge < -0.3 is 5.11 Å². The third-order valence-electron chi connectivity index (χ3n) is 1.75. The molecule has 13 heavy (non-hydrogen) atoms. The van der Waals surface area contributed by atoms with Gasteiger partial charge in [0.05, 0.1) is 0 Å². The molecule has 0 aliphatic carbocycles. The van der Waals surface area contributed by atoms with Gasteiger partial charge in [0.1, 0.15) is 11.3 Å². The topological polar surface area (TPSA) is 46.0 Å². The van der Waals surface area contributed by atoms with E-state index >= 15 is 0 Å². The molecule has 1 N–H and O–H groups in total. The molecule has 0 radical (unpaired) electrons. The van der Waals surface area contributed by atoms with Crippen LogP contribution in [0.4, 0.5) is 0 Å². The standard InChI is InChI=1S/C9H8N2OS/c1-13-9-10-5-6-3-2-4-7(12)8(6)11-9/h2-5,12H,1H3. The second kappa shape index (κ2) is 3.22. The maximum atomic E-state index is 9.49. The fourth-order valence-corrected chi connectivity index (χ4v) is 1.46. The molecule has 0 saturated heterocycles. The van der Waals surface area contributed by atoms with Crippen LogP contribution < -0.4 is 0 Å². The Morgan fingerprint density at radius 2 is 2.23 bits per heavy atom. The van der Waals surface area contributed by atoms with Crippen LogP contribution in [0.25, 0.3) is 10.9 Å². The summed E-state index contributed by atoms with van der Waals surface area (Å²) in [7, 11) is 0. The van der Waals surface area contributed by atoms with Crippen molar-refractivity contribution >= 4 is 22.7 Å². The molecule has 2 rings (SSSR count). The lowest BCUT2D eigenvalue weighted by Gasteiger charge is -2.00. The van der Waals surface area contributed by atoms with Crippen LogP contribution in [0, 0.1) is 0 Å². The van der Waals surface area contributed by atoms with Crippen LogP contribution in [0.15, 0.2) is 29.6 Å². The molecule has 0 saturated carbocycles. The summed E-state index contributed by atoms with van der Waals surface area (Å²) in [4.78, 5) is 8.30. The van der Waals surface area contributed by atoms with Crippen molar-refractivity contribution in [2.75, 3.05) is 6.26 Å². The van der Waals surface area contributed by atoms with Crippen LogP contribution in [0.5, 0.6) is 5.75 Å². The van der Waals surface area contributed by atoms with E-state index in [1.54, 1.807) is 18.3 Å². The number of aromatic nitrogens is 2. The molecular formula is C9H8N2OS. The largest absolute Gasteiger partial charge is 0.506 e. The number of phenols is 1. The SMILES string of the molecule is CSc1ncc2cccc(O)c2n1. The van der Waals surface area contributed by atoms with Crippen molar-refractivity contribution in [2.24, 2.45) is 0 Å². The molecule has 1 heterocycles. The van der Waals surface area contributed by atoms with E-state index in [9.17, 15) is 5.11 Å². The Kier molecular flexibility index (Phi) is 2.06. The van der Waals surface area contributed by atoms with Gasteiger partial charge in [-0.05, 0) is 12.3 Å². The number of aromatic hydroxyl groups is 1. The molecule has 1 aromatic carbocycles. The van der Waals surface area contributed by atoms with Gasteiger partial charge in [-0.2, -0.15) is 0 Å². The van der Waals surface area contributed by atoms with Gasteiger partial charge >= 0.3 is 0 Å².